The zero-order valence-corrected chi connectivity index (χ0v) is 37.8. The van der Waals surface area contributed by atoms with Gasteiger partial charge in [0.2, 0.25) is 11.8 Å². The molecule has 4 aromatic carbocycles. The van der Waals surface area contributed by atoms with Gasteiger partial charge in [-0.05, 0) is 85.8 Å². The number of carbonyl (C=O) groups excluding carboxylic acids is 6. The van der Waals surface area contributed by atoms with Crippen molar-refractivity contribution in [3.63, 3.8) is 0 Å². The van der Waals surface area contributed by atoms with Gasteiger partial charge in [-0.3, -0.25) is 19.2 Å². The Morgan fingerprint density at radius 1 is 0.492 bits per heavy atom. The molecule has 4 atom stereocenters. The second-order valence-corrected chi connectivity index (χ2v) is 14.6. The average molecular weight is 861 g/mol. The molecule has 0 aliphatic carbocycles. The summed E-state index contributed by atoms with van der Waals surface area (Å²) in [6.45, 7) is 7.61. The van der Waals surface area contributed by atoms with Gasteiger partial charge in [0.1, 0.15) is 0 Å². The quantitative estimate of drug-likeness (QED) is 0.0833. The van der Waals surface area contributed by atoms with E-state index in [1.807, 2.05) is 109 Å². The molecule has 0 aromatic heterocycles. The van der Waals surface area contributed by atoms with Crippen molar-refractivity contribution in [3.8, 4) is 22.3 Å². The van der Waals surface area contributed by atoms with Crippen LogP contribution in [0.1, 0.15) is 77.3 Å². The molecule has 0 heterocycles. The van der Waals surface area contributed by atoms with Crippen LogP contribution in [0, 0.1) is 11.8 Å². The zero-order valence-electron chi connectivity index (χ0n) is 35.6. The number of hydrogen-bond donors (Lipinski definition) is 2. The first kappa shape index (κ1) is 52.1. The van der Waals surface area contributed by atoms with Gasteiger partial charge in [-0.25, -0.2) is 0 Å². The van der Waals surface area contributed by atoms with E-state index >= 15 is 0 Å². The molecule has 2 N–H and O–H groups in total. The van der Waals surface area contributed by atoms with Crippen molar-refractivity contribution in [2.24, 2.45) is 11.8 Å². The Kier molecular flexibility index (Phi) is 24.3. The molecular formula is C48H56CaN2O10. The number of ether oxygens (including phenoxy) is 2. The summed E-state index contributed by atoms with van der Waals surface area (Å²) in [7, 11) is 0. The summed E-state index contributed by atoms with van der Waals surface area (Å²) in [4.78, 5) is 69.5. The van der Waals surface area contributed by atoms with Crippen LogP contribution >= 0.6 is 0 Å². The summed E-state index contributed by atoms with van der Waals surface area (Å²) >= 11 is 0. The van der Waals surface area contributed by atoms with Gasteiger partial charge in [-0.1, -0.05) is 123 Å². The molecule has 0 saturated carbocycles. The molecule has 0 bridgehead atoms. The van der Waals surface area contributed by atoms with Crippen molar-refractivity contribution in [1.82, 2.24) is 10.6 Å². The van der Waals surface area contributed by atoms with Crippen molar-refractivity contribution < 1.29 is 48.5 Å². The smallest absolute Gasteiger partial charge is 0.550 e. The minimum absolute atomic E-state index is 0. The Balaban J connectivity index is 0.000000413. The van der Waals surface area contributed by atoms with Gasteiger partial charge in [0.15, 0.2) is 0 Å². The molecule has 0 spiro atoms. The maximum absolute atomic E-state index is 12.1. The van der Waals surface area contributed by atoms with Crippen LogP contribution in [-0.4, -0.2) is 98.7 Å². The fourth-order valence-electron chi connectivity index (χ4n) is 6.53. The van der Waals surface area contributed by atoms with Crippen LogP contribution in [0.3, 0.4) is 0 Å². The number of rotatable bonds is 22. The number of benzene rings is 4. The normalized spacial score (nSPS) is 12.4. The van der Waals surface area contributed by atoms with Crippen molar-refractivity contribution in [3.05, 3.63) is 120 Å². The molecule has 0 radical (unpaired) electrons. The average Bonchev–Trinajstić information content (AvgIpc) is 3.23. The maximum Gasteiger partial charge on any atom is 2.00 e. The van der Waals surface area contributed by atoms with Crippen LogP contribution in [0.5, 0.6) is 0 Å². The molecule has 13 heteroatoms. The van der Waals surface area contributed by atoms with Crippen molar-refractivity contribution in [2.75, 3.05) is 13.2 Å². The van der Waals surface area contributed by atoms with E-state index < -0.39 is 11.9 Å². The second kappa shape index (κ2) is 28.5. The molecule has 0 saturated heterocycles. The Bertz CT molecular complexity index is 1820. The van der Waals surface area contributed by atoms with Crippen LogP contribution in [0.15, 0.2) is 109 Å². The first-order valence-electron chi connectivity index (χ1n) is 20.4. The molecule has 12 nitrogen and oxygen atoms in total. The van der Waals surface area contributed by atoms with Crippen molar-refractivity contribution in [2.45, 2.75) is 91.1 Å². The topological polar surface area (TPSA) is 191 Å². The van der Waals surface area contributed by atoms with Crippen LogP contribution in [0.2, 0.25) is 0 Å². The number of carboxylic acid groups (broad SMARTS) is 2. The van der Waals surface area contributed by atoms with E-state index in [9.17, 15) is 39.0 Å². The standard InChI is InChI=1S/2C24H29NO5.Ca/c2*1-3-30-24(29)17(2)15-21(25-22(26)13-14-23(27)28)16-18-9-11-20(12-10-18)19-7-5-4-6-8-19;/h2*4-12,17,21H,3,13-16H2,1-2H3,(H,25,26)(H,27,28);/q;;+2/p-2/t2*17-,21+;/m00./s1. The van der Waals surface area contributed by atoms with Gasteiger partial charge in [0, 0.05) is 36.9 Å². The first-order valence-corrected chi connectivity index (χ1v) is 20.4. The van der Waals surface area contributed by atoms with E-state index in [2.05, 4.69) is 10.6 Å². The molecule has 0 unspecified atom stereocenters. The third kappa shape index (κ3) is 20.4. The first-order chi connectivity index (χ1) is 28.8. The molecule has 2 amide bonds. The Labute approximate surface area is 388 Å². The molecule has 61 heavy (non-hydrogen) atoms. The fraction of sp³-hybridized carbons (Fsp3) is 0.375. The Morgan fingerprint density at radius 2 is 0.803 bits per heavy atom. The van der Waals surface area contributed by atoms with Crippen LogP contribution < -0.4 is 20.8 Å². The summed E-state index contributed by atoms with van der Waals surface area (Å²) in [5.74, 6) is -4.68. The largest absolute Gasteiger partial charge is 2.00 e. The predicted octanol–water partition coefficient (Wildman–Crippen LogP) is 4.62. The van der Waals surface area contributed by atoms with Gasteiger partial charge in [0.05, 0.1) is 25.0 Å². The minimum Gasteiger partial charge on any atom is -0.550 e. The van der Waals surface area contributed by atoms with E-state index in [4.69, 9.17) is 9.47 Å². The van der Waals surface area contributed by atoms with E-state index in [1.165, 1.54) is 0 Å². The van der Waals surface area contributed by atoms with Crippen molar-refractivity contribution in [1.29, 1.82) is 0 Å². The third-order valence-electron chi connectivity index (χ3n) is 9.58. The Morgan fingerprint density at radius 3 is 1.10 bits per heavy atom. The molecule has 4 rings (SSSR count). The number of amides is 2. The minimum atomic E-state index is -1.27. The summed E-state index contributed by atoms with van der Waals surface area (Å²) in [6.07, 6.45) is 0.868. The third-order valence-corrected chi connectivity index (χ3v) is 9.58. The van der Waals surface area contributed by atoms with Gasteiger partial charge >= 0.3 is 49.7 Å². The molecule has 0 aliphatic heterocycles. The van der Waals surface area contributed by atoms with Gasteiger partial charge in [-0.2, -0.15) is 0 Å². The number of esters is 2. The number of carbonyl (C=O) groups is 6. The SMILES string of the molecule is CCOC(=O)[C@@H](C)C[C@H](Cc1ccc(-c2ccccc2)cc1)NC(=O)CCC(=O)[O-].CCOC(=O)[C@@H](C)C[C@H](Cc1ccc(-c2ccccc2)cc1)NC(=O)CCC(=O)[O-].[Ca+2]. The maximum atomic E-state index is 12.1. The summed E-state index contributed by atoms with van der Waals surface area (Å²) in [6, 6.07) is 35.5. The molecular weight excluding hydrogens is 805 g/mol. The van der Waals surface area contributed by atoms with Gasteiger partial charge < -0.3 is 39.9 Å². The second-order valence-electron chi connectivity index (χ2n) is 14.6. The number of aliphatic carboxylic acids is 2. The molecule has 0 fully saturated rings. The van der Waals surface area contributed by atoms with Crippen LogP contribution in [-0.2, 0) is 51.1 Å². The van der Waals surface area contributed by atoms with Crippen LogP contribution in [0.25, 0.3) is 22.3 Å². The van der Waals surface area contributed by atoms with E-state index in [0.717, 1.165) is 33.4 Å². The molecule has 0 aliphatic rings. The number of hydrogen-bond acceptors (Lipinski definition) is 10. The number of carboxylic acids is 2. The Hall–Kier alpha value is -5.04. The van der Waals surface area contributed by atoms with Gasteiger partial charge in [0.25, 0.3) is 0 Å². The zero-order chi connectivity index (χ0) is 43.9. The van der Waals surface area contributed by atoms with E-state index in [1.54, 1.807) is 27.7 Å². The van der Waals surface area contributed by atoms with Crippen LogP contribution in [0.4, 0.5) is 0 Å². The summed E-state index contributed by atoms with van der Waals surface area (Å²) < 4.78 is 10.1. The predicted molar refractivity (Wildman–Crippen MR) is 230 cm³/mol. The van der Waals surface area contributed by atoms with E-state index in [0.29, 0.717) is 38.9 Å². The van der Waals surface area contributed by atoms with E-state index in [-0.39, 0.29) is 111 Å². The fourth-order valence-corrected chi connectivity index (χ4v) is 6.53. The molecule has 4 aromatic rings. The van der Waals surface area contributed by atoms with Crippen molar-refractivity contribution >= 4 is 73.4 Å². The van der Waals surface area contributed by atoms with Gasteiger partial charge in [-0.15, -0.1) is 0 Å². The summed E-state index contributed by atoms with van der Waals surface area (Å²) in [5.41, 5.74) is 6.44. The molecule has 320 valence electrons. The number of nitrogens with one attached hydrogen (secondary N) is 2. The monoisotopic (exact) mass is 860 g/mol. The summed E-state index contributed by atoms with van der Waals surface area (Å²) in [5, 5.41) is 26.9.